The summed E-state index contributed by atoms with van der Waals surface area (Å²) < 4.78 is 0. The van der Waals surface area contributed by atoms with Gasteiger partial charge in [0.15, 0.2) is 5.11 Å². The van der Waals surface area contributed by atoms with Gasteiger partial charge in [0.2, 0.25) is 0 Å². The molecule has 1 fully saturated rings. The summed E-state index contributed by atoms with van der Waals surface area (Å²) >= 11 is 17.3. The molecular formula is C25H22Cl2N4O2S. The average molecular weight is 513 g/mol. The first-order valence-corrected chi connectivity index (χ1v) is 11.8. The van der Waals surface area contributed by atoms with E-state index in [9.17, 15) is 9.59 Å². The van der Waals surface area contributed by atoms with Crippen LogP contribution in [0.15, 0.2) is 72.8 Å². The van der Waals surface area contributed by atoms with Gasteiger partial charge in [-0.25, -0.2) is 0 Å². The molecule has 174 valence electrons. The normalized spacial score (nSPS) is 13.4. The maximum Gasteiger partial charge on any atom is 0.257 e. The Hall–Kier alpha value is -3.13. The van der Waals surface area contributed by atoms with Crippen LogP contribution in [0.5, 0.6) is 0 Å². The molecular weight excluding hydrogens is 491 g/mol. The number of nitrogens with one attached hydrogen (secondary N) is 2. The second-order valence-electron chi connectivity index (χ2n) is 7.72. The molecule has 6 nitrogen and oxygen atoms in total. The van der Waals surface area contributed by atoms with Crippen molar-refractivity contribution in [1.29, 1.82) is 0 Å². The summed E-state index contributed by atoms with van der Waals surface area (Å²) in [4.78, 5) is 29.3. The first kappa shape index (κ1) is 24.0. The van der Waals surface area contributed by atoms with Crippen LogP contribution < -0.4 is 15.5 Å². The number of carbonyl (C=O) groups excluding carboxylic acids is 2. The van der Waals surface area contributed by atoms with Gasteiger partial charge in [0.25, 0.3) is 11.8 Å². The van der Waals surface area contributed by atoms with Gasteiger partial charge in [0.05, 0.1) is 11.4 Å². The van der Waals surface area contributed by atoms with Gasteiger partial charge in [-0.15, -0.1) is 0 Å². The Bertz CT molecular complexity index is 1210. The molecule has 0 unspecified atom stereocenters. The van der Waals surface area contributed by atoms with Crippen molar-refractivity contribution in [2.45, 2.75) is 0 Å². The largest absolute Gasteiger partial charge is 0.366 e. The number of para-hydroxylation sites is 2. The first-order valence-electron chi connectivity index (χ1n) is 10.7. The highest BCUT2D eigenvalue weighted by Crippen LogP contribution is 2.27. The zero-order chi connectivity index (χ0) is 24.1. The van der Waals surface area contributed by atoms with Crippen LogP contribution in [0.4, 0.5) is 11.4 Å². The Kier molecular flexibility index (Phi) is 7.67. The smallest absolute Gasteiger partial charge is 0.257 e. The summed E-state index contributed by atoms with van der Waals surface area (Å²) in [5.41, 5.74) is 2.77. The lowest BCUT2D eigenvalue weighted by Crippen LogP contribution is -2.49. The third-order valence-electron chi connectivity index (χ3n) is 5.46. The molecule has 0 aliphatic carbocycles. The molecule has 0 atom stereocenters. The quantitative estimate of drug-likeness (QED) is 0.477. The Morgan fingerprint density at radius 1 is 0.794 bits per heavy atom. The van der Waals surface area contributed by atoms with Crippen molar-refractivity contribution in [2.24, 2.45) is 0 Å². The highest BCUT2D eigenvalue weighted by atomic mass is 35.5. The molecule has 1 heterocycles. The Morgan fingerprint density at radius 2 is 1.50 bits per heavy atom. The minimum Gasteiger partial charge on any atom is -0.366 e. The fraction of sp³-hybridized carbons (Fsp3) is 0.160. The topological polar surface area (TPSA) is 64.7 Å². The predicted octanol–water partition coefficient (Wildman–Crippen LogP) is 5.08. The van der Waals surface area contributed by atoms with Crippen LogP contribution in [0, 0.1) is 0 Å². The molecule has 3 aromatic carbocycles. The lowest BCUT2D eigenvalue weighted by molar-refractivity contribution is 0.0746. The number of thiocarbonyl (C=S) groups is 1. The van der Waals surface area contributed by atoms with Gasteiger partial charge < -0.3 is 15.1 Å². The van der Waals surface area contributed by atoms with Gasteiger partial charge in [-0.2, -0.15) is 0 Å². The molecule has 34 heavy (non-hydrogen) atoms. The summed E-state index contributed by atoms with van der Waals surface area (Å²) in [6, 6.07) is 21.3. The number of anilines is 2. The number of hydrogen-bond acceptors (Lipinski definition) is 4. The van der Waals surface area contributed by atoms with E-state index in [4.69, 9.17) is 35.4 Å². The van der Waals surface area contributed by atoms with Crippen molar-refractivity contribution in [3.63, 3.8) is 0 Å². The van der Waals surface area contributed by atoms with Crippen LogP contribution in [-0.2, 0) is 0 Å². The summed E-state index contributed by atoms with van der Waals surface area (Å²) in [6.45, 7) is 2.51. The standard InChI is InChI=1S/C25H22Cl2N4O2S/c26-19-10-8-17(9-11-19)24(33)31-14-12-30(13-15-31)22-7-2-1-6-21(22)28-25(34)29-23(32)18-4-3-5-20(27)16-18/h1-11,16H,12-15H2,(H2,28,29,32,34). The molecule has 0 spiro atoms. The molecule has 3 aromatic rings. The van der Waals surface area contributed by atoms with E-state index in [0.717, 1.165) is 11.4 Å². The fourth-order valence-corrected chi connectivity index (χ4v) is 4.26. The molecule has 0 bridgehead atoms. The minimum atomic E-state index is -0.341. The van der Waals surface area contributed by atoms with Gasteiger partial charge >= 0.3 is 0 Å². The number of rotatable bonds is 4. The van der Waals surface area contributed by atoms with E-state index in [-0.39, 0.29) is 16.9 Å². The maximum atomic E-state index is 12.8. The number of hydrogen-bond donors (Lipinski definition) is 2. The van der Waals surface area contributed by atoms with Crippen LogP contribution in [0.2, 0.25) is 10.0 Å². The van der Waals surface area contributed by atoms with Crippen LogP contribution in [0.1, 0.15) is 20.7 Å². The molecule has 0 radical (unpaired) electrons. The van der Waals surface area contributed by atoms with Crippen LogP contribution in [-0.4, -0.2) is 48.0 Å². The van der Waals surface area contributed by atoms with E-state index < -0.39 is 0 Å². The van der Waals surface area contributed by atoms with Crippen molar-refractivity contribution in [3.8, 4) is 0 Å². The van der Waals surface area contributed by atoms with E-state index >= 15 is 0 Å². The summed E-state index contributed by atoms with van der Waals surface area (Å²) in [6.07, 6.45) is 0. The van der Waals surface area contributed by atoms with Crippen LogP contribution in [0.25, 0.3) is 0 Å². The molecule has 9 heteroatoms. The number of amides is 2. The summed E-state index contributed by atoms with van der Waals surface area (Å²) in [5, 5.41) is 7.08. The van der Waals surface area contributed by atoms with Gasteiger partial charge in [-0.1, -0.05) is 41.4 Å². The summed E-state index contributed by atoms with van der Waals surface area (Å²) in [5.74, 6) is -0.348. The molecule has 1 saturated heterocycles. The van der Waals surface area contributed by atoms with Crippen LogP contribution in [0.3, 0.4) is 0 Å². The van der Waals surface area contributed by atoms with Gasteiger partial charge in [-0.3, -0.25) is 14.9 Å². The van der Waals surface area contributed by atoms with E-state index in [0.29, 0.717) is 47.4 Å². The fourth-order valence-electron chi connectivity index (χ4n) is 3.74. The highest BCUT2D eigenvalue weighted by Gasteiger charge is 2.23. The Balaban J connectivity index is 1.38. The van der Waals surface area contributed by atoms with Crippen molar-refractivity contribution in [1.82, 2.24) is 10.2 Å². The lowest BCUT2D eigenvalue weighted by Gasteiger charge is -2.37. The number of benzene rings is 3. The van der Waals surface area contributed by atoms with Gasteiger partial charge in [0.1, 0.15) is 0 Å². The first-order chi connectivity index (χ1) is 16.4. The number of piperazine rings is 1. The predicted molar refractivity (Wildman–Crippen MR) is 141 cm³/mol. The van der Waals surface area contributed by atoms with Crippen molar-refractivity contribution >= 4 is 63.7 Å². The van der Waals surface area contributed by atoms with E-state index in [2.05, 4.69) is 15.5 Å². The lowest BCUT2D eigenvalue weighted by atomic mass is 10.1. The zero-order valence-corrected chi connectivity index (χ0v) is 20.5. The van der Waals surface area contributed by atoms with E-state index in [1.165, 1.54) is 0 Å². The third kappa shape index (κ3) is 5.86. The van der Waals surface area contributed by atoms with Crippen molar-refractivity contribution < 1.29 is 9.59 Å². The average Bonchev–Trinajstić information content (AvgIpc) is 2.84. The molecule has 2 amide bonds. The molecule has 0 aromatic heterocycles. The van der Waals surface area contributed by atoms with Gasteiger partial charge in [-0.05, 0) is 66.8 Å². The zero-order valence-electron chi connectivity index (χ0n) is 18.1. The maximum absolute atomic E-state index is 12.8. The van der Waals surface area contributed by atoms with Crippen LogP contribution >= 0.6 is 35.4 Å². The van der Waals surface area contributed by atoms with E-state index in [1.54, 1.807) is 48.5 Å². The monoisotopic (exact) mass is 512 g/mol. The molecule has 0 saturated carbocycles. The molecule has 2 N–H and O–H groups in total. The SMILES string of the molecule is O=C(NC(=S)Nc1ccccc1N1CCN(C(=O)c2ccc(Cl)cc2)CC1)c1cccc(Cl)c1. The molecule has 1 aliphatic heterocycles. The summed E-state index contributed by atoms with van der Waals surface area (Å²) in [7, 11) is 0. The minimum absolute atomic E-state index is 0.00682. The third-order valence-corrected chi connectivity index (χ3v) is 6.16. The molecule has 1 aliphatic rings. The van der Waals surface area contributed by atoms with Gasteiger partial charge in [0, 0.05) is 47.4 Å². The Morgan fingerprint density at radius 3 is 2.21 bits per heavy atom. The Labute approximate surface area is 213 Å². The number of carbonyl (C=O) groups is 2. The second kappa shape index (κ2) is 10.9. The number of nitrogens with zero attached hydrogens (tertiary/aromatic N) is 2. The molecule has 4 rings (SSSR count). The van der Waals surface area contributed by atoms with E-state index in [1.807, 2.05) is 29.2 Å². The number of halogens is 2. The van der Waals surface area contributed by atoms with Crippen molar-refractivity contribution in [2.75, 3.05) is 36.4 Å². The highest BCUT2D eigenvalue weighted by molar-refractivity contribution is 7.80. The second-order valence-corrected chi connectivity index (χ2v) is 9.00. The van der Waals surface area contributed by atoms with Crippen molar-refractivity contribution in [3.05, 3.63) is 94.0 Å².